The molecular formula is C18H17IO3. The van der Waals surface area contributed by atoms with Crippen molar-refractivity contribution >= 4 is 34.6 Å². The summed E-state index contributed by atoms with van der Waals surface area (Å²) in [5.41, 5.74) is 2.05. The second-order valence-corrected chi connectivity index (χ2v) is 5.60. The highest BCUT2D eigenvalue weighted by molar-refractivity contribution is 14.1. The molecule has 0 aliphatic carbocycles. The summed E-state index contributed by atoms with van der Waals surface area (Å²) in [6, 6.07) is 15.8. The Morgan fingerprint density at radius 1 is 1.14 bits per heavy atom. The summed E-state index contributed by atoms with van der Waals surface area (Å²) in [5, 5.41) is 0. The molecule has 2 aromatic carbocycles. The first-order valence-corrected chi connectivity index (χ1v) is 8.08. The third-order valence-corrected chi connectivity index (χ3v) is 4.07. The Hall–Kier alpha value is -1.82. The third-order valence-electron chi connectivity index (χ3n) is 2.92. The summed E-state index contributed by atoms with van der Waals surface area (Å²) in [7, 11) is 0. The molecule has 0 aliphatic heterocycles. The number of rotatable bonds is 6. The van der Waals surface area contributed by atoms with Gasteiger partial charge in [-0.1, -0.05) is 42.5 Å². The SMILES string of the molecule is CCOC(=O)/C=C/c1cccc(OCc2ccccc2)c1I. The van der Waals surface area contributed by atoms with Gasteiger partial charge in [0.2, 0.25) is 0 Å². The summed E-state index contributed by atoms with van der Waals surface area (Å²) in [5.74, 6) is 0.462. The summed E-state index contributed by atoms with van der Waals surface area (Å²) < 4.78 is 11.7. The van der Waals surface area contributed by atoms with Crippen LogP contribution in [0.25, 0.3) is 6.08 Å². The minimum Gasteiger partial charge on any atom is -0.488 e. The highest BCUT2D eigenvalue weighted by atomic mass is 127. The van der Waals surface area contributed by atoms with E-state index < -0.39 is 0 Å². The van der Waals surface area contributed by atoms with Gasteiger partial charge < -0.3 is 9.47 Å². The van der Waals surface area contributed by atoms with Crippen LogP contribution in [0.3, 0.4) is 0 Å². The van der Waals surface area contributed by atoms with E-state index in [-0.39, 0.29) is 5.97 Å². The number of hydrogen-bond donors (Lipinski definition) is 0. The smallest absolute Gasteiger partial charge is 0.330 e. The van der Waals surface area contributed by atoms with Gasteiger partial charge in [0, 0.05) is 6.08 Å². The summed E-state index contributed by atoms with van der Waals surface area (Å²) >= 11 is 2.22. The van der Waals surface area contributed by atoms with Crippen molar-refractivity contribution in [1.29, 1.82) is 0 Å². The van der Waals surface area contributed by atoms with Crippen molar-refractivity contribution in [3.8, 4) is 5.75 Å². The first kappa shape index (κ1) is 16.5. The highest BCUT2D eigenvalue weighted by Crippen LogP contribution is 2.26. The minimum atomic E-state index is -0.339. The Morgan fingerprint density at radius 2 is 1.91 bits per heavy atom. The van der Waals surface area contributed by atoms with Gasteiger partial charge in [-0.15, -0.1) is 0 Å². The average Bonchev–Trinajstić information content (AvgIpc) is 2.54. The van der Waals surface area contributed by atoms with E-state index in [0.717, 1.165) is 20.4 Å². The molecular weight excluding hydrogens is 391 g/mol. The third kappa shape index (κ3) is 4.87. The summed E-state index contributed by atoms with van der Waals surface area (Å²) in [6.07, 6.45) is 3.18. The minimum absolute atomic E-state index is 0.339. The van der Waals surface area contributed by atoms with Gasteiger partial charge in [0.05, 0.1) is 10.2 Å². The standard InChI is InChI=1S/C18H17IO3/c1-2-21-17(20)12-11-15-9-6-10-16(18(15)19)22-13-14-7-4-3-5-8-14/h3-12H,2,13H2,1H3/b12-11+. The molecule has 0 fully saturated rings. The molecule has 0 amide bonds. The summed E-state index contributed by atoms with van der Waals surface area (Å²) in [4.78, 5) is 11.4. The van der Waals surface area contributed by atoms with Crippen LogP contribution < -0.4 is 4.74 Å². The fraction of sp³-hybridized carbons (Fsp3) is 0.167. The second kappa shape index (κ2) is 8.58. The zero-order valence-corrected chi connectivity index (χ0v) is 14.4. The molecule has 0 aromatic heterocycles. The van der Waals surface area contributed by atoms with Crippen LogP contribution in [0.4, 0.5) is 0 Å². The van der Waals surface area contributed by atoms with Crippen LogP contribution in [-0.4, -0.2) is 12.6 Å². The Labute approximate surface area is 144 Å². The van der Waals surface area contributed by atoms with Crippen LogP contribution in [0.1, 0.15) is 18.1 Å². The molecule has 0 aliphatic rings. The molecule has 0 atom stereocenters. The number of benzene rings is 2. The largest absolute Gasteiger partial charge is 0.488 e. The topological polar surface area (TPSA) is 35.5 Å². The van der Waals surface area contributed by atoms with Crippen molar-refractivity contribution in [3.05, 3.63) is 69.3 Å². The fourth-order valence-corrected chi connectivity index (χ4v) is 2.55. The molecule has 0 heterocycles. The molecule has 114 valence electrons. The quantitative estimate of drug-likeness (QED) is 0.403. The number of esters is 1. The van der Waals surface area contributed by atoms with E-state index in [9.17, 15) is 4.79 Å². The average molecular weight is 408 g/mol. The Morgan fingerprint density at radius 3 is 2.64 bits per heavy atom. The molecule has 0 saturated heterocycles. The molecule has 0 unspecified atom stereocenters. The molecule has 3 nitrogen and oxygen atoms in total. The molecule has 0 spiro atoms. The van der Waals surface area contributed by atoms with Crippen LogP contribution in [0, 0.1) is 3.57 Å². The fourth-order valence-electron chi connectivity index (χ4n) is 1.85. The van der Waals surface area contributed by atoms with E-state index in [0.29, 0.717) is 13.2 Å². The first-order valence-electron chi connectivity index (χ1n) is 7.00. The lowest BCUT2D eigenvalue weighted by molar-refractivity contribution is -0.137. The van der Waals surface area contributed by atoms with E-state index in [1.54, 1.807) is 13.0 Å². The molecule has 22 heavy (non-hydrogen) atoms. The lowest BCUT2D eigenvalue weighted by Gasteiger charge is -2.10. The van der Waals surface area contributed by atoms with E-state index >= 15 is 0 Å². The number of hydrogen-bond acceptors (Lipinski definition) is 3. The monoisotopic (exact) mass is 408 g/mol. The number of ether oxygens (including phenoxy) is 2. The van der Waals surface area contributed by atoms with Crippen molar-refractivity contribution < 1.29 is 14.3 Å². The Balaban J connectivity index is 2.07. The number of halogens is 1. The van der Waals surface area contributed by atoms with Gasteiger partial charge >= 0.3 is 5.97 Å². The van der Waals surface area contributed by atoms with Gasteiger partial charge in [0.15, 0.2) is 0 Å². The molecule has 0 radical (unpaired) electrons. The number of carbonyl (C=O) groups excluding carboxylic acids is 1. The van der Waals surface area contributed by atoms with E-state index in [4.69, 9.17) is 9.47 Å². The Bertz CT molecular complexity index is 651. The van der Waals surface area contributed by atoms with E-state index in [1.165, 1.54) is 6.08 Å². The maximum absolute atomic E-state index is 11.4. The molecule has 0 N–H and O–H groups in total. The van der Waals surface area contributed by atoms with Crippen molar-refractivity contribution in [1.82, 2.24) is 0 Å². The van der Waals surface area contributed by atoms with Crippen molar-refractivity contribution in [3.63, 3.8) is 0 Å². The van der Waals surface area contributed by atoms with Crippen LogP contribution in [0.5, 0.6) is 5.75 Å². The lowest BCUT2D eigenvalue weighted by Crippen LogP contribution is -1.99. The van der Waals surface area contributed by atoms with Gasteiger partial charge in [-0.3, -0.25) is 0 Å². The van der Waals surface area contributed by atoms with Crippen LogP contribution in [-0.2, 0) is 16.1 Å². The second-order valence-electron chi connectivity index (χ2n) is 4.52. The maximum atomic E-state index is 11.4. The van der Waals surface area contributed by atoms with Crippen LogP contribution in [0.2, 0.25) is 0 Å². The van der Waals surface area contributed by atoms with Crippen molar-refractivity contribution in [2.45, 2.75) is 13.5 Å². The Kier molecular flexibility index (Phi) is 6.45. The van der Waals surface area contributed by atoms with Gasteiger partial charge in [0.1, 0.15) is 12.4 Å². The van der Waals surface area contributed by atoms with E-state index in [1.807, 2.05) is 48.5 Å². The predicted molar refractivity (Wildman–Crippen MR) is 95.6 cm³/mol. The summed E-state index contributed by atoms with van der Waals surface area (Å²) in [6.45, 7) is 2.68. The first-order chi connectivity index (χ1) is 10.7. The molecule has 0 bridgehead atoms. The molecule has 0 saturated carbocycles. The molecule has 2 rings (SSSR count). The highest BCUT2D eigenvalue weighted by Gasteiger charge is 2.05. The van der Waals surface area contributed by atoms with Crippen LogP contribution in [0.15, 0.2) is 54.6 Å². The maximum Gasteiger partial charge on any atom is 0.330 e. The van der Waals surface area contributed by atoms with E-state index in [2.05, 4.69) is 22.6 Å². The van der Waals surface area contributed by atoms with Gasteiger partial charge in [0.25, 0.3) is 0 Å². The zero-order valence-electron chi connectivity index (χ0n) is 12.3. The van der Waals surface area contributed by atoms with Crippen molar-refractivity contribution in [2.75, 3.05) is 6.61 Å². The predicted octanol–water partition coefficient (Wildman–Crippen LogP) is 4.45. The van der Waals surface area contributed by atoms with Crippen molar-refractivity contribution in [2.24, 2.45) is 0 Å². The molecule has 4 heteroatoms. The van der Waals surface area contributed by atoms with Crippen LogP contribution >= 0.6 is 22.6 Å². The number of carbonyl (C=O) groups is 1. The van der Waals surface area contributed by atoms with Gasteiger partial charge in [-0.2, -0.15) is 0 Å². The van der Waals surface area contributed by atoms with Gasteiger partial charge in [-0.25, -0.2) is 4.79 Å². The zero-order chi connectivity index (χ0) is 15.8. The molecule has 2 aromatic rings. The van der Waals surface area contributed by atoms with Gasteiger partial charge in [-0.05, 0) is 52.8 Å². The normalized spacial score (nSPS) is 10.6. The lowest BCUT2D eigenvalue weighted by atomic mass is 10.2.